The summed E-state index contributed by atoms with van der Waals surface area (Å²) in [5, 5.41) is 0. The number of carbonyl (C=O) groups excluding carboxylic acids is 1. The van der Waals surface area contributed by atoms with Gasteiger partial charge in [-0.2, -0.15) is 0 Å². The first-order valence-corrected chi connectivity index (χ1v) is 5.26. The summed E-state index contributed by atoms with van der Waals surface area (Å²) < 4.78 is 29.7. The van der Waals surface area contributed by atoms with Gasteiger partial charge in [0.15, 0.2) is 0 Å². The lowest BCUT2D eigenvalue weighted by Gasteiger charge is -2.09. The summed E-state index contributed by atoms with van der Waals surface area (Å²) in [5.41, 5.74) is 0.657. The first-order valence-electron chi connectivity index (χ1n) is 4.46. The standard InChI is InChI=1S/C10H10BrF2NO2/c1-5-3-6(4-7(15)16-2)14-9(11)8(5)10(12)13/h3,10H,4H2,1-2H3. The van der Waals surface area contributed by atoms with Gasteiger partial charge in [-0.1, -0.05) is 0 Å². The van der Waals surface area contributed by atoms with Crippen LogP contribution in [0.4, 0.5) is 8.78 Å². The number of ether oxygens (including phenoxy) is 1. The molecule has 1 heterocycles. The molecule has 0 aromatic carbocycles. The fourth-order valence-corrected chi connectivity index (χ4v) is 2.00. The minimum absolute atomic E-state index is 0.0283. The first kappa shape index (κ1) is 13.0. The van der Waals surface area contributed by atoms with Crippen LogP contribution in [0.15, 0.2) is 10.7 Å². The quantitative estimate of drug-likeness (QED) is 0.635. The summed E-state index contributed by atoms with van der Waals surface area (Å²) in [5.74, 6) is -0.455. The van der Waals surface area contributed by atoms with Crippen LogP contribution in [0.2, 0.25) is 0 Å². The Morgan fingerprint density at radius 3 is 2.69 bits per heavy atom. The van der Waals surface area contributed by atoms with Gasteiger partial charge in [-0.05, 0) is 34.5 Å². The van der Waals surface area contributed by atoms with E-state index in [1.807, 2.05) is 0 Å². The number of hydrogen-bond acceptors (Lipinski definition) is 3. The number of pyridine rings is 1. The molecule has 0 unspecified atom stereocenters. The Kier molecular flexibility index (Phi) is 4.35. The van der Waals surface area contributed by atoms with Crippen LogP contribution in [-0.2, 0) is 16.0 Å². The van der Waals surface area contributed by atoms with Gasteiger partial charge in [0.2, 0.25) is 0 Å². The van der Waals surface area contributed by atoms with Crippen molar-refractivity contribution >= 4 is 21.9 Å². The fourth-order valence-electron chi connectivity index (χ4n) is 1.28. The van der Waals surface area contributed by atoms with Gasteiger partial charge in [0.25, 0.3) is 6.43 Å². The third-order valence-electron chi connectivity index (χ3n) is 2.04. The zero-order chi connectivity index (χ0) is 12.3. The van der Waals surface area contributed by atoms with Gasteiger partial charge in [-0.15, -0.1) is 0 Å². The SMILES string of the molecule is COC(=O)Cc1cc(C)c(C(F)F)c(Br)n1. The Balaban J connectivity index is 3.05. The molecule has 0 saturated carbocycles. The van der Waals surface area contributed by atoms with Crippen LogP contribution in [0.1, 0.15) is 23.2 Å². The maximum Gasteiger partial charge on any atom is 0.311 e. The van der Waals surface area contributed by atoms with E-state index in [9.17, 15) is 13.6 Å². The van der Waals surface area contributed by atoms with Crippen molar-refractivity contribution in [1.29, 1.82) is 0 Å². The van der Waals surface area contributed by atoms with Crippen LogP contribution in [-0.4, -0.2) is 18.1 Å². The number of aromatic nitrogens is 1. The average Bonchev–Trinajstić information content (AvgIpc) is 2.15. The van der Waals surface area contributed by atoms with E-state index in [0.29, 0.717) is 11.3 Å². The fraction of sp³-hybridized carbons (Fsp3) is 0.400. The molecule has 0 saturated heterocycles. The van der Waals surface area contributed by atoms with E-state index in [1.165, 1.54) is 13.2 Å². The summed E-state index contributed by atoms with van der Waals surface area (Å²) in [6, 6.07) is 1.46. The van der Waals surface area contributed by atoms with Crippen molar-refractivity contribution < 1.29 is 18.3 Å². The van der Waals surface area contributed by atoms with E-state index in [0.717, 1.165) is 0 Å². The molecule has 0 aliphatic rings. The van der Waals surface area contributed by atoms with E-state index in [1.54, 1.807) is 6.92 Å². The monoisotopic (exact) mass is 293 g/mol. The highest BCUT2D eigenvalue weighted by Crippen LogP contribution is 2.29. The molecule has 0 spiro atoms. The van der Waals surface area contributed by atoms with Crippen LogP contribution < -0.4 is 0 Å². The van der Waals surface area contributed by atoms with Gasteiger partial charge in [0.05, 0.1) is 24.8 Å². The summed E-state index contributed by atoms with van der Waals surface area (Å²) in [6.45, 7) is 1.55. The number of nitrogens with zero attached hydrogens (tertiary/aromatic N) is 1. The Morgan fingerprint density at radius 1 is 1.62 bits per heavy atom. The molecule has 1 rings (SSSR count). The minimum atomic E-state index is -2.59. The number of hydrogen-bond donors (Lipinski definition) is 0. The van der Waals surface area contributed by atoms with E-state index in [4.69, 9.17) is 0 Å². The molecule has 16 heavy (non-hydrogen) atoms. The van der Waals surface area contributed by atoms with Gasteiger partial charge < -0.3 is 4.74 Å². The normalized spacial score (nSPS) is 10.6. The molecule has 0 aliphatic carbocycles. The molecule has 0 radical (unpaired) electrons. The van der Waals surface area contributed by atoms with Crippen LogP contribution in [0.3, 0.4) is 0 Å². The lowest BCUT2D eigenvalue weighted by Crippen LogP contribution is -2.08. The van der Waals surface area contributed by atoms with E-state index >= 15 is 0 Å². The average molecular weight is 294 g/mol. The smallest absolute Gasteiger partial charge is 0.311 e. The molecule has 0 N–H and O–H groups in total. The Labute approximate surface area is 99.9 Å². The molecule has 1 aromatic heterocycles. The molecular formula is C10H10BrF2NO2. The highest BCUT2D eigenvalue weighted by Gasteiger charge is 2.17. The molecule has 0 aliphatic heterocycles. The summed E-state index contributed by atoms with van der Waals surface area (Å²) in [6.07, 6.45) is -2.62. The second-order valence-electron chi connectivity index (χ2n) is 3.19. The third kappa shape index (κ3) is 2.98. The zero-order valence-corrected chi connectivity index (χ0v) is 10.3. The summed E-state index contributed by atoms with van der Waals surface area (Å²) in [4.78, 5) is 14.9. The van der Waals surface area contributed by atoms with E-state index in [2.05, 4.69) is 25.7 Å². The number of carbonyl (C=O) groups is 1. The molecule has 0 fully saturated rings. The van der Waals surface area contributed by atoms with Gasteiger partial charge >= 0.3 is 5.97 Å². The largest absolute Gasteiger partial charge is 0.469 e. The van der Waals surface area contributed by atoms with Gasteiger partial charge in [-0.3, -0.25) is 4.79 Å². The topological polar surface area (TPSA) is 39.2 Å². The molecule has 88 valence electrons. The van der Waals surface area contributed by atoms with Gasteiger partial charge in [-0.25, -0.2) is 13.8 Å². The molecule has 0 amide bonds. The summed E-state index contributed by atoms with van der Waals surface area (Å²) in [7, 11) is 1.26. The van der Waals surface area contributed by atoms with Crippen LogP contribution in [0.25, 0.3) is 0 Å². The van der Waals surface area contributed by atoms with Crippen molar-refractivity contribution in [3.8, 4) is 0 Å². The number of esters is 1. The van der Waals surface area contributed by atoms with Crippen molar-refractivity contribution in [2.75, 3.05) is 7.11 Å². The molecule has 1 aromatic rings. The van der Waals surface area contributed by atoms with Gasteiger partial charge in [0, 0.05) is 0 Å². The summed E-state index contributed by atoms with van der Waals surface area (Å²) >= 11 is 2.97. The highest BCUT2D eigenvalue weighted by atomic mass is 79.9. The van der Waals surface area contributed by atoms with Gasteiger partial charge in [0.1, 0.15) is 4.60 Å². The number of methoxy groups -OCH3 is 1. The lowest BCUT2D eigenvalue weighted by molar-refractivity contribution is -0.139. The lowest BCUT2D eigenvalue weighted by atomic mass is 10.1. The van der Waals surface area contributed by atoms with Crippen molar-refractivity contribution in [3.05, 3.63) is 27.5 Å². The van der Waals surface area contributed by atoms with Crippen molar-refractivity contribution in [3.63, 3.8) is 0 Å². The van der Waals surface area contributed by atoms with Crippen molar-refractivity contribution in [1.82, 2.24) is 4.98 Å². The number of rotatable bonds is 3. The number of aryl methyl sites for hydroxylation is 1. The van der Waals surface area contributed by atoms with Crippen molar-refractivity contribution in [2.45, 2.75) is 19.8 Å². The van der Waals surface area contributed by atoms with Crippen molar-refractivity contribution in [2.24, 2.45) is 0 Å². The molecular weight excluding hydrogens is 284 g/mol. The molecule has 3 nitrogen and oxygen atoms in total. The highest BCUT2D eigenvalue weighted by molar-refractivity contribution is 9.10. The second kappa shape index (κ2) is 5.34. The number of alkyl halides is 2. The Morgan fingerprint density at radius 2 is 2.25 bits per heavy atom. The van der Waals surface area contributed by atoms with Crippen LogP contribution in [0, 0.1) is 6.92 Å². The maximum absolute atomic E-state index is 12.6. The maximum atomic E-state index is 12.6. The predicted molar refractivity (Wildman–Crippen MR) is 57.4 cm³/mol. The molecule has 0 atom stereocenters. The molecule has 6 heteroatoms. The zero-order valence-electron chi connectivity index (χ0n) is 8.76. The minimum Gasteiger partial charge on any atom is -0.469 e. The van der Waals surface area contributed by atoms with Crippen LogP contribution in [0.5, 0.6) is 0 Å². The van der Waals surface area contributed by atoms with E-state index in [-0.39, 0.29) is 16.6 Å². The Hall–Kier alpha value is -1.04. The molecule has 0 bridgehead atoms. The first-order chi connectivity index (χ1) is 7.45. The second-order valence-corrected chi connectivity index (χ2v) is 3.94. The number of halogens is 3. The Bertz CT molecular complexity index is 387. The van der Waals surface area contributed by atoms with Crippen LogP contribution >= 0.6 is 15.9 Å². The predicted octanol–water partition coefficient (Wildman–Crippen LogP) is 2.81. The third-order valence-corrected chi connectivity index (χ3v) is 2.65. The van der Waals surface area contributed by atoms with E-state index < -0.39 is 12.4 Å².